The minimum absolute atomic E-state index is 0.0864. The van der Waals surface area contributed by atoms with Gasteiger partial charge in [-0.05, 0) is 62.6 Å². The van der Waals surface area contributed by atoms with Crippen LogP contribution in [-0.2, 0) is 14.8 Å². The standard InChI is InChI=1S/C21H32N2O4S/c1-28(24,25)22-19-6-4-12-23-13-14-26-21-7-3-2-5-18(21)16-8-10-17(11-9-16)27-15-20(19)23/h2-3,5,7,16-17,19-20,22H,4,6,8-15H2,1H3/t16?,17?,19-,20?/m0/s1/i8D2. The number of nitrogens with zero attached hydrogens (tertiary/aromatic N) is 1. The highest BCUT2D eigenvalue weighted by Gasteiger charge is 2.35. The molecule has 1 N–H and O–H groups in total. The van der Waals surface area contributed by atoms with Crippen LogP contribution < -0.4 is 9.46 Å². The second-order valence-electron chi connectivity index (χ2n) is 8.12. The summed E-state index contributed by atoms with van der Waals surface area (Å²) in [6.07, 6.45) is 3.17. The molecule has 3 aliphatic heterocycles. The molecule has 2 fully saturated rings. The lowest BCUT2D eigenvalue weighted by atomic mass is 9.82. The van der Waals surface area contributed by atoms with E-state index in [1.54, 1.807) is 0 Å². The average molecular weight is 411 g/mol. The zero-order valence-electron chi connectivity index (χ0n) is 18.5. The van der Waals surface area contributed by atoms with Gasteiger partial charge in [-0.25, -0.2) is 13.1 Å². The van der Waals surface area contributed by atoms with Crippen LogP contribution in [0, 0.1) is 0 Å². The molecule has 0 radical (unpaired) electrons. The monoisotopic (exact) mass is 410 g/mol. The van der Waals surface area contributed by atoms with Crippen LogP contribution in [0.1, 0.15) is 52.7 Å². The molecule has 4 atom stereocenters. The van der Waals surface area contributed by atoms with E-state index >= 15 is 0 Å². The molecule has 0 amide bonds. The number of hydrogen-bond donors (Lipinski definition) is 1. The van der Waals surface area contributed by atoms with Gasteiger partial charge >= 0.3 is 0 Å². The van der Waals surface area contributed by atoms with Crippen LogP contribution in [-0.4, -0.2) is 64.1 Å². The summed E-state index contributed by atoms with van der Waals surface area (Å²) in [6.45, 7) is 2.41. The van der Waals surface area contributed by atoms with E-state index in [9.17, 15) is 8.42 Å². The van der Waals surface area contributed by atoms with Gasteiger partial charge in [-0.3, -0.25) is 4.90 Å². The molecule has 0 aromatic heterocycles. The molecule has 1 aliphatic carbocycles. The molecule has 3 heterocycles. The van der Waals surface area contributed by atoms with E-state index in [-0.39, 0.29) is 24.1 Å². The van der Waals surface area contributed by atoms with Crippen LogP contribution in [0.2, 0.25) is 0 Å². The van der Waals surface area contributed by atoms with Crippen molar-refractivity contribution in [3.8, 4) is 5.75 Å². The highest BCUT2D eigenvalue weighted by Crippen LogP contribution is 2.38. The molecule has 1 saturated carbocycles. The SMILES string of the molecule is [2H]C1([2H])CC2CCC1c1ccccc1OCCN1CCC[C@H](NS(C)(=O)=O)C1CO2. The zero-order valence-corrected chi connectivity index (χ0v) is 17.3. The molecular formula is C21H32N2O4S. The minimum atomic E-state index is -3.32. The van der Waals surface area contributed by atoms with Crippen molar-refractivity contribution >= 4 is 10.0 Å². The van der Waals surface area contributed by atoms with Crippen molar-refractivity contribution in [2.75, 3.05) is 32.6 Å². The van der Waals surface area contributed by atoms with Crippen molar-refractivity contribution in [1.29, 1.82) is 0 Å². The van der Waals surface area contributed by atoms with Crippen LogP contribution in [0.15, 0.2) is 24.3 Å². The predicted octanol–water partition coefficient (Wildman–Crippen LogP) is 2.50. The first-order valence-electron chi connectivity index (χ1n) is 11.3. The molecule has 0 spiro atoms. The number of fused-ring (bicyclic) bond motifs is 5. The number of ether oxygens (including phenoxy) is 2. The Kier molecular flexibility index (Phi) is 5.49. The van der Waals surface area contributed by atoms with E-state index in [1.165, 1.54) is 6.26 Å². The van der Waals surface area contributed by atoms with Gasteiger partial charge in [0, 0.05) is 21.4 Å². The summed E-state index contributed by atoms with van der Waals surface area (Å²) in [6, 6.07) is 7.48. The summed E-state index contributed by atoms with van der Waals surface area (Å²) in [5.74, 6) is 0.542. The minimum Gasteiger partial charge on any atom is -0.492 e. The first-order chi connectivity index (χ1) is 14.2. The average Bonchev–Trinajstić information content (AvgIpc) is 2.67. The summed E-state index contributed by atoms with van der Waals surface area (Å²) >= 11 is 0. The maximum atomic E-state index is 11.9. The van der Waals surface area contributed by atoms with Crippen LogP contribution in [0.4, 0.5) is 0 Å². The molecule has 7 heteroatoms. The Morgan fingerprint density at radius 3 is 2.86 bits per heavy atom. The maximum absolute atomic E-state index is 11.9. The smallest absolute Gasteiger partial charge is 0.209 e. The van der Waals surface area contributed by atoms with Gasteiger partial charge in [0.25, 0.3) is 0 Å². The fraction of sp³-hybridized carbons (Fsp3) is 0.714. The number of benzene rings is 1. The van der Waals surface area contributed by atoms with Gasteiger partial charge in [-0.1, -0.05) is 18.2 Å². The summed E-state index contributed by atoms with van der Waals surface area (Å²) in [7, 11) is -3.32. The van der Waals surface area contributed by atoms with Crippen molar-refractivity contribution in [3.05, 3.63) is 29.8 Å². The highest BCUT2D eigenvalue weighted by atomic mass is 32.2. The molecule has 1 saturated heterocycles. The molecule has 1 aromatic rings. The second-order valence-corrected chi connectivity index (χ2v) is 9.90. The van der Waals surface area contributed by atoms with E-state index in [4.69, 9.17) is 12.2 Å². The van der Waals surface area contributed by atoms with E-state index in [0.717, 1.165) is 37.1 Å². The van der Waals surface area contributed by atoms with Gasteiger partial charge in [0.05, 0.1) is 19.0 Å². The van der Waals surface area contributed by atoms with Gasteiger partial charge in [-0.2, -0.15) is 0 Å². The summed E-state index contributed by atoms with van der Waals surface area (Å²) in [5, 5.41) is 0. The Morgan fingerprint density at radius 2 is 2.04 bits per heavy atom. The highest BCUT2D eigenvalue weighted by molar-refractivity contribution is 7.88. The third-order valence-corrected chi connectivity index (χ3v) is 6.79. The van der Waals surface area contributed by atoms with Crippen molar-refractivity contribution < 1.29 is 20.6 Å². The molecule has 4 aliphatic rings. The van der Waals surface area contributed by atoms with Crippen LogP contribution in [0.3, 0.4) is 0 Å². The van der Waals surface area contributed by atoms with E-state index in [2.05, 4.69) is 9.62 Å². The van der Waals surface area contributed by atoms with Gasteiger partial charge in [-0.15, -0.1) is 0 Å². The van der Waals surface area contributed by atoms with Gasteiger partial charge in [0.1, 0.15) is 12.4 Å². The molecule has 6 nitrogen and oxygen atoms in total. The topological polar surface area (TPSA) is 67.9 Å². The number of piperidine rings is 1. The Hall–Kier alpha value is -1.15. The zero-order chi connectivity index (χ0) is 21.4. The number of sulfonamides is 1. The quantitative estimate of drug-likeness (QED) is 0.811. The lowest BCUT2D eigenvalue weighted by Crippen LogP contribution is -2.58. The third kappa shape index (κ3) is 4.87. The predicted molar refractivity (Wildman–Crippen MR) is 109 cm³/mol. The van der Waals surface area contributed by atoms with Crippen molar-refractivity contribution in [2.45, 2.75) is 62.6 Å². The Labute approximate surface area is 171 Å². The third-order valence-electron chi connectivity index (χ3n) is 6.06. The van der Waals surface area contributed by atoms with Gasteiger partial charge in [0.15, 0.2) is 0 Å². The van der Waals surface area contributed by atoms with E-state index in [1.807, 2.05) is 24.3 Å². The van der Waals surface area contributed by atoms with E-state index < -0.39 is 16.4 Å². The molecule has 2 bridgehead atoms. The second kappa shape index (κ2) is 8.69. The Balaban J connectivity index is 1.62. The molecule has 1 aromatic carbocycles. The van der Waals surface area contributed by atoms with Crippen LogP contribution in [0.25, 0.3) is 0 Å². The van der Waals surface area contributed by atoms with E-state index in [0.29, 0.717) is 32.6 Å². The van der Waals surface area contributed by atoms with Gasteiger partial charge in [0.2, 0.25) is 10.0 Å². The first-order valence-corrected chi connectivity index (χ1v) is 12.2. The number of para-hydroxylation sites is 1. The fourth-order valence-electron chi connectivity index (χ4n) is 4.68. The number of rotatable bonds is 2. The number of hydrogen-bond acceptors (Lipinski definition) is 5. The van der Waals surface area contributed by atoms with Gasteiger partial charge < -0.3 is 9.47 Å². The lowest BCUT2D eigenvalue weighted by molar-refractivity contribution is -0.0284. The number of nitrogens with one attached hydrogen (secondary N) is 1. The Morgan fingerprint density at radius 1 is 1.18 bits per heavy atom. The molecular weight excluding hydrogens is 376 g/mol. The molecule has 156 valence electrons. The summed E-state index contributed by atoms with van der Waals surface area (Å²) in [5.41, 5.74) is 0.937. The fourth-order valence-corrected chi connectivity index (χ4v) is 5.51. The van der Waals surface area contributed by atoms with Crippen molar-refractivity contribution in [3.63, 3.8) is 0 Å². The van der Waals surface area contributed by atoms with Crippen LogP contribution in [0.5, 0.6) is 5.75 Å². The summed E-state index contributed by atoms with van der Waals surface area (Å²) in [4.78, 5) is 2.26. The normalized spacial score (nSPS) is 35.0. The van der Waals surface area contributed by atoms with Crippen molar-refractivity contribution in [1.82, 2.24) is 9.62 Å². The molecule has 3 unspecified atom stereocenters. The summed E-state index contributed by atoms with van der Waals surface area (Å²) < 4.78 is 56.4. The largest absolute Gasteiger partial charge is 0.492 e. The van der Waals surface area contributed by atoms with Crippen molar-refractivity contribution in [2.24, 2.45) is 0 Å². The maximum Gasteiger partial charge on any atom is 0.209 e. The lowest BCUT2D eigenvalue weighted by Gasteiger charge is -2.41. The molecule has 5 rings (SSSR count). The van der Waals surface area contributed by atoms with Crippen LogP contribution >= 0.6 is 0 Å². The first kappa shape index (κ1) is 17.7. The Bertz CT molecular complexity index is 851. The molecule has 28 heavy (non-hydrogen) atoms.